The van der Waals surface area contributed by atoms with Gasteiger partial charge in [0.1, 0.15) is 5.82 Å². The highest BCUT2D eigenvalue weighted by Crippen LogP contribution is 2.36. The van der Waals surface area contributed by atoms with Crippen LogP contribution in [0.2, 0.25) is 5.02 Å². The van der Waals surface area contributed by atoms with E-state index in [0.29, 0.717) is 12.0 Å². The summed E-state index contributed by atoms with van der Waals surface area (Å²) in [4.78, 5) is 4.87. The number of imidazole rings is 1. The van der Waals surface area contributed by atoms with Crippen molar-refractivity contribution in [1.82, 2.24) is 9.55 Å². The van der Waals surface area contributed by atoms with E-state index in [1.165, 1.54) is 12.8 Å². The molecule has 1 fully saturated rings. The number of hydrogen-bond donors (Lipinski definition) is 1. The maximum Gasteiger partial charge on any atom is 0.114 e. The molecule has 0 saturated heterocycles. The molecule has 0 amide bonds. The monoisotopic (exact) mass is 291 g/mol. The third kappa shape index (κ3) is 2.23. The Kier molecular flexibility index (Phi) is 3.74. The van der Waals surface area contributed by atoms with Gasteiger partial charge in [0, 0.05) is 18.0 Å². The number of nitrogens with zero attached hydrogens (tertiary/aromatic N) is 2. The lowest BCUT2D eigenvalue weighted by Crippen LogP contribution is -2.33. The van der Waals surface area contributed by atoms with Crippen LogP contribution in [0.4, 0.5) is 0 Å². The smallest absolute Gasteiger partial charge is 0.114 e. The molecule has 1 aliphatic carbocycles. The molecule has 20 heavy (non-hydrogen) atoms. The van der Waals surface area contributed by atoms with Gasteiger partial charge in [-0.3, -0.25) is 0 Å². The molecule has 0 aliphatic heterocycles. The Bertz CT molecular complexity index is 617. The van der Waals surface area contributed by atoms with E-state index in [-0.39, 0.29) is 6.04 Å². The quantitative estimate of drug-likeness (QED) is 0.898. The first kappa shape index (κ1) is 13.9. The number of aromatic nitrogens is 2. The minimum absolute atomic E-state index is 0.219. The molecular formula is C16H22ClN3. The minimum Gasteiger partial charge on any atom is -0.327 e. The summed E-state index contributed by atoms with van der Waals surface area (Å²) >= 11 is 6.40. The van der Waals surface area contributed by atoms with Crippen molar-refractivity contribution in [3.05, 3.63) is 29.0 Å². The maximum absolute atomic E-state index is 6.40. The lowest BCUT2D eigenvalue weighted by Gasteiger charge is -2.29. The van der Waals surface area contributed by atoms with Crippen LogP contribution >= 0.6 is 11.6 Å². The van der Waals surface area contributed by atoms with Gasteiger partial charge in [-0.1, -0.05) is 30.5 Å². The summed E-state index contributed by atoms with van der Waals surface area (Å²) in [5.41, 5.74) is 8.39. The van der Waals surface area contributed by atoms with E-state index in [1.807, 2.05) is 18.2 Å². The Morgan fingerprint density at radius 1 is 1.30 bits per heavy atom. The highest BCUT2D eigenvalue weighted by Gasteiger charge is 2.29. The molecule has 108 valence electrons. The number of rotatable bonds is 2. The van der Waals surface area contributed by atoms with Crippen molar-refractivity contribution in [1.29, 1.82) is 0 Å². The molecule has 0 spiro atoms. The second kappa shape index (κ2) is 5.38. The molecule has 2 aromatic rings. The normalized spacial score (nSPS) is 23.6. The van der Waals surface area contributed by atoms with E-state index >= 15 is 0 Å². The summed E-state index contributed by atoms with van der Waals surface area (Å²) in [5, 5.41) is 0.777. The van der Waals surface area contributed by atoms with Crippen molar-refractivity contribution in [3.63, 3.8) is 0 Å². The van der Waals surface area contributed by atoms with E-state index < -0.39 is 0 Å². The summed E-state index contributed by atoms with van der Waals surface area (Å²) in [7, 11) is 0. The molecule has 1 aromatic heterocycles. The highest BCUT2D eigenvalue weighted by atomic mass is 35.5. The topological polar surface area (TPSA) is 43.8 Å². The van der Waals surface area contributed by atoms with Crippen molar-refractivity contribution in [3.8, 4) is 0 Å². The first-order valence-corrected chi connectivity index (χ1v) is 7.89. The van der Waals surface area contributed by atoms with Gasteiger partial charge in [-0.2, -0.15) is 0 Å². The third-order valence-electron chi connectivity index (χ3n) is 4.36. The van der Waals surface area contributed by atoms with E-state index in [9.17, 15) is 0 Å². The molecule has 2 unspecified atom stereocenters. The van der Waals surface area contributed by atoms with Crippen molar-refractivity contribution >= 4 is 22.6 Å². The number of nitrogens with two attached hydrogens (primary N) is 1. The molecule has 1 aliphatic rings. The van der Waals surface area contributed by atoms with Gasteiger partial charge < -0.3 is 10.3 Å². The second-order valence-electron chi connectivity index (χ2n) is 6.10. The molecule has 2 N–H and O–H groups in total. The Morgan fingerprint density at radius 3 is 2.75 bits per heavy atom. The fraction of sp³-hybridized carbons (Fsp3) is 0.562. The lowest BCUT2D eigenvalue weighted by molar-refractivity contribution is 0.360. The first-order chi connectivity index (χ1) is 9.59. The van der Waals surface area contributed by atoms with Crippen LogP contribution in [-0.2, 0) is 0 Å². The van der Waals surface area contributed by atoms with Crippen molar-refractivity contribution < 1.29 is 0 Å². The van der Waals surface area contributed by atoms with Gasteiger partial charge in [0.25, 0.3) is 0 Å². The zero-order valence-electron chi connectivity index (χ0n) is 12.1. The molecule has 1 heterocycles. The zero-order chi connectivity index (χ0) is 14.3. The van der Waals surface area contributed by atoms with Crippen molar-refractivity contribution in [2.24, 2.45) is 5.73 Å². The third-order valence-corrected chi connectivity index (χ3v) is 4.66. The molecule has 1 saturated carbocycles. The average molecular weight is 292 g/mol. The Balaban J connectivity index is 2.19. The van der Waals surface area contributed by atoms with E-state index in [2.05, 4.69) is 18.4 Å². The van der Waals surface area contributed by atoms with Crippen molar-refractivity contribution in [2.75, 3.05) is 0 Å². The molecule has 0 radical (unpaired) electrons. The van der Waals surface area contributed by atoms with Gasteiger partial charge in [0.05, 0.1) is 16.1 Å². The fourth-order valence-electron chi connectivity index (χ4n) is 3.39. The van der Waals surface area contributed by atoms with E-state index in [4.69, 9.17) is 22.3 Å². The predicted octanol–water partition coefficient (Wildman–Crippen LogP) is 4.26. The van der Waals surface area contributed by atoms with Crippen LogP contribution in [0.1, 0.15) is 57.3 Å². The zero-order valence-corrected chi connectivity index (χ0v) is 12.9. The van der Waals surface area contributed by atoms with Gasteiger partial charge in [-0.05, 0) is 38.8 Å². The minimum atomic E-state index is 0.219. The molecule has 2 atom stereocenters. The molecular weight excluding hydrogens is 270 g/mol. The number of fused-ring (bicyclic) bond motifs is 1. The van der Waals surface area contributed by atoms with Gasteiger partial charge in [-0.25, -0.2) is 4.98 Å². The summed E-state index contributed by atoms with van der Waals surface area (Å²) in [5.74, 6) is 1.48. The summed E-state index contributed by atoms with van der Waals surface area (Å²) in [6, 6.07) is 6.50. The van der Waals surface area contributed by atoms with Crippen LogP contribution < -0.4 is 5.73 Å². The van der Waals surface area contributed by atoms with E-state index in [1.54, 1.807) is 0 Å². The number of halogens is 1. The van der Waals surface area contributed by atoms with Crippen LogP contribution in [0.15, 0.2) is 18.2 Å². The molecule has 0 bridgehead atoms. The van der Waals surface area contributed by atoms with Gasteiger partial charge in [0.2, 0.25) is 0 Å². The SMILES string of the molecule is CC(C)n1c(C2CCCCC2N)nc2cccc(Cl)c21. The summed E-state index contributed by atoms with van der Waals surface area (Å²) in [6.45, 7) is 4.37. The maximum atomic E-state index is 6.40. The second-order valence-corrected chi connectivity index (χ2v) is 6.50. The molecule has 4 heteroatoms. The highest BCUT2D eigenvalue weighted by molar-refractivity contribution is 6.35. The number of hydrogen-bond acceptors (Lipinski definition) is 2. The average Bonchev–Trinajstić information content (AvgIpc) is 2.80. The predicted molar refractivity (Wildman–Crippen MR) is 84.3 cm³/mol. The lowest BCUT2D eigenvalue weighted by atomic mass is 9.84. The van der Waals surface area contributed by atoms with Gasteiger partial charge >= 0.3 is 0 Å². The van der Waals surface area contributed by atoms with Crippen molar-refractivity contribution in [2.45, 2.75) is 57.5 Å². The van der Waals surface area contributed by atoms with Crippen LogP contribution in [-0.4, -0.2) is 15.6 Å². The Morgan fingerprint density at radius 2 is 2.05 bits per heavy atom. The Hall–Kier alpha value is -1.06. The first-order valence-electron chi connectivity index (χ1n) is 7.51. The molecule has 3 nitrogen and oxygen atoms in total. The number of para-hydroxylation sites is 1. The van der Waals surface area contributed by atoms with E-state index in [0.717, 1.165) is 34.7 Å². The van der Waals surface area contributed by atoms with Crippen LogP contribution in [0.25, 0.3) is 11.0 Å². The van der Waals surface area contributed by atoms with Gasteiger partial charge in [-0.15, -0.1) is 0 Å². The van der Waals surface area contributed by atoms with Gasteiger partial charge in [0.15, 0.2) is 0 Å². The standard InChI is InChI=1S/C16H22ClN3/c1-10(2)20-15-12(17)7-5-9-14(15)19-16(20)11-6-3-4-8-13(11)18/h5,7,9-11,13H,3-4,6,8,18H2,1-2H3. The van der Waals surface area contributed by atoms with Crippen LogP contribution in [0, 0.1) is 0 Å². The van der Waals surface area contributed by atoms with Crippen LogP contribution in [0.3, 0.4) is 0 Å². The van der Waals surface area contributed by atoms with Crippen LogP contribution in [0.5, 0.6) is 0 Å². The largest absolute Gasteiger partial charge is 0.327 e. The number of benzene rings is 1. The molecule has 1 aromatic carbocycles. The summed E-state index contributed by atoms with van der Waals surface area (Å²) in [6.07, 6.45) is 4.71. The fourth-order valence-corrected chi connectivity index (χ4v) is 3.65. The summed E-state index contributed by atoms with van der Waals surface area (Å²) < 4.78 is 2.29. The molecule has 3 rings (SSSR count). The Labute approximate surface area is 125 Å².